The van der Waals surface area contributed by atoms with Gasteiger partial charge in [-0.1, -0.05) is 0 Å². The number of aromatic nitrogens is 2. The van der Waals surface area contributed by atoms with Crippen LogP contribution in [0.1, 0.15) is 42.2 Å². The van der Waals surface area contributed by atoms with Crippen molar-refractivity contribution in [3.05, 3.63) is 25.6 Å². The van der Waals surface area contributed by atoms with E-state index in [4.69, 9.17) is 12.2 Å². The van der Waals surface area contributed by atoms with E-state index >= 15 is 0 Å². The summed E-state index contributed by atoms with van der Waals surface area (Å²) < 4.78 is 2.48. The Morgan fingerprint density at radius 1 is 1.24 bits per heavy atom. The second-order valence-electron chi connectivity index (χ2n) is 5.89. The monoisotopic (exact) mass is 338 g/mol. The van der Waals surface area contributed by atoms with E-state index < -0.39 is 0 Å². The summed E-state index contributed by atoms with van der Waals surface area (Å²) in [6.45, 7) is 0. The Labute approximate surface area is 136 Å². The fraction of sp³-hybridized carbons (Fsp3) is 0.600. The van der Waals surface area contributed by atoms with Crippen molar-refractivity contribution in [2.75, 3.05) is 11.5 Å². The first-order chi connectivity index (χ1) is 10.3. The van der Waals surface area contributed by atoms with E-state index in [1.54, 1.807) is 11.3 Å². The molecule has 1 fully saturated rings. The molecule has 0 amide bonds. The largest absolute Gasteiger partial charge is 0.323 e. The number of hydrogen-bond acceptors (Lipinski definition) is 4. The minimum atomic E-state index is 0.153. The van der Waals surface area contributed by atoms with Crippen molar-refractivity contribution in [2.45, 2.75) is 44.6 Å². The number of nitrogens with zero attached hydrogens (tertiary/aromatic N) is 1. The van der Waals surface area contributed by atoms with Gasteiger partial charge in [0.1, 0.15) is 4.83 Å². The van der Waals surface area contributed by atoms with Crippen LogP contribution >= 0.6 is 35.3 Å². The van der Waals surface area contributed by atoms with Crippen LogP contribution in [0.2, 0.25) is 0 Å². The molecule has 3 nitrogen and oxygen atoms in total. The molecule has 2 aromatic heterocycles. The average molecular weight is 339 g/mol. The van der Waals surface area contributed by atoms with Gasteiger partial charge < -0.3 is 4.98 Å². The van der Waals surface area contributed by atoms with E-state index in [1.165, 1.54) is 35.5 Å². The number of thioether (sulfide) groups is 1. The molecule has 1 saturated heterocycles. The fourth-order valence-electron chi connectivity index (χ4n) is 3.51. The van der Waals surface area contributed by atoms with Gasteiger partial charge in [0.05, 0.1) is 5.39 Å². The number of rotatable bonds is 1. The van der Waals surface area contributed by atoms with Crippen molar-refractivity contribution in [3.8, 4) is 0 Å². The van der Waals surface area contributed by atoms with Crippen LogP contribution in [-0.2, 0) is 12.8 Å². The summed E-state index contributed by atoms with van der Waals surface area (Å²) in [5, 5.41) is 0.930. The van der Waals surface area contributed by atoms with E-state index in [0.29, 0.717) is 4.77 Å². The van der Waals surface area contributed by atoms with Gasteiger partial charge in [0.25, 0.3) is 5.56 Å². The highest BCUT2D eigenvalue weighted by Crippen LogP contribution is 2.34. The molecular formula is C15H18N2OS3. The molecule has 2 aliphatic rings. The highest BCUT2D eigenvalue weighted by atomic mass is 32.2. The molecule has 0 radical (unpaired) electrons. The van der Waals surface area contributed by atoms with Crippen molar-refractivity contribution >= 4 is 45.5 Å². The number of H-pyrrole nitrogens is 1. The first kappa shape index (κ1) is 14.0. The molecule has 3 heterocycles. The van der Waals surface area contributed by atoms with Gasteiger partial charge in [-0.3, -0.25) is 9.36 Å². The molecule has 1 aliphatic carbocycles. The molecule has 1 N–H and O–H groups in total. The average Bonchev–Trinajstić information content (AvgIpc) is 2.86. The molecule has 1 atom stereocenters. The van der Waals surface area contributed by atoms with Crippen LogP contribution in [-0.4, -0.2) is 21.1 Å². The zero-order valence-corrected chi connectivity index (χ0v) is 14.3. The lowest BCUT2D eigenvalue weighted by Crippen LogP contribution is -2.29. The molecular weight excluding hydrogens is 320 g/mol. The maximum Gasteiger partial charge on any atom is 0.263 e. The maximum absolute atomic E-state index is 13.1. The van der Waals surface area contributed by atoms with E-state index in [1.807, 2.05) is 16.3 Å². The van der Waals surface area contributed by atoms with E-state index in [2.05, 4.69) is 4.98 Å². The zero-order chi connectivity index (χ0) is 14.4. The van der Waals surface area contributed by atoms with Crippen molar-refractivity contribution in [3.63, 3.8) is 0 Å². The normalized spacial score (nSPS) is 22.4. The standard InChI is InChI=1S/C15H18N2OS3/c18-14-12-10-5-1-2-6-11(10)21-13(12)16-15(19)17(14)9-4-3-7-20-8-9/h9H,1-8H2,(H,16,19). The van der Waals surface area contributed by atoms with E-state index in [9.17, 15) is 4.79 Å². The van der Waals surface area contributed by atoms with Gasteiger partial charge in [-0.2, -0.15) is 11.8 Å². The first-order valence-electron chi connectivity index (χ1n) is 7.62. The Bertz CT molecular complexity index is 796. The number of aromatic amines is 1. The number of fused-ring (bicyclic) bond motifs is 3. The van der Waals surface area contributed by atoms with Gasteiger partial charge in [-0.25, -0.2) is 0 Å². The summed E-state index contributed by atoms with van der Waals surface area (Å²) in [6, 6.07) is 0.267. The van der Waals surface area contributed by atoms with Crippen molar-refractivity contribution in [2.24, 2.45) is 0 Å². The van der Waals surface area contributed by atoms with Crippen molar-refractivity contribution < 1.29 is 0 Å². The lowest BCUT2D eigenvalue weighted by molar-refractivity contribution is 0.477. The minimum absolute atomic E-state index is 0.153. The molecule has 4 rings (SSSR count). The summed E-state index contributed by atoms with van der Waals surface area (Å²) in [7, 11) is 0. The van der Waals surface area contributed by atoms with Crippen LogP contribution in [0.4, 0.5) is 0 Å². The topological polar surface area (TPSA) is 37.8 Å². The van der Waals surface area contributed by atoms with Gasteiger partial charge >= 0.3 is 0 Å². The fourth-order valence-corrected chi connectivity index (χ4v) is 6.31. The molecule has 0 spiro atoms. The Balaban J connectivity index is 1.95. The van der Waals surface area contributed by atoms with Gasteiger partial charge in [-0.15, -0.1) is 11.3 Å². The lowest BCUT2D eigenvalue weighted by Gasteiger charge is -2.23. The van der Waals surface area contributed by atoms with Crippen molar-refractivity contribution in [1.29, 1.82) is 0 Å². The minimum Gasteiger partial charge on any atom is -0.323 e. The van der Waals surface area contributed by atoms with E-state index in [-0.39, 0.29) is 11.6 Å². The predicted molar refractivity (Wildman–Crippen MR) is 93.5 cm³/mol. The molecule has 21 heavy (non-hydrogen) atoms. The molecule has 112 valence electrons. The predicted octanol–water partition coefficient (Wildman–Crippen LogP) is 4.07. The lowest BCUT2D eigenvalue weighted by atomic mass is 9.97. The summed E-state index contributed by atoms with van der Waals surface area (Å²) in [4.78, 5) is 18.8. The molecule has 0 aromatic carbocycles. The van der Waals surface area contributed by atoms with Crippen molar-refractivity contribution in [1.82, 2.24) is 9.55 Å². The van der Waals surface area contributed by atoms with Crippen LogP contribution in [0.15, 0.2) is 4.79 Å². The molecule has 0 bridgehead atoms. The number of nitrogens with one attached hydrogen (secondary N) is 1. The third-order valence-electron chi connectivity index (χ3n) is 4.54. The van der Waals surface area contributed by atoms with Gasteiger partial charge in [0.15, 0.2) is 4.77 Å². The summed E-state index contributed by atoms with van der Waals surface area (Å²) in [6.07, 6.45) is 6.86. The Morgan fingerprint density at radius 3 is 2.90 bits per heavy atom. The second-order valence-corrected chi connectivity index (χ2v) is 8.53. The quantitative estimate of drug-likeness (QED) is 0.797. The SMILES string of the molecule is O=c1c2c3c(sc2[nH]c(=S)n1C1CCCSC1)CCCC3. The van der Waals surface area contributed by atoms with Crippen LogP contribution in [0.25, 0.3) is 10.2 Å². The van der Waals surface area contributed by atoms with E-state index in [0.717, 1.165) is 35.2 Å². The highest BCUT2D eigenvalue weighted by Gasteiger charge is 2.23. The van der Waals surface area contributed by atoms with Gasteiger partial charge in [0, 0.05) is 16.7 Å². The molecule has 0 saturated carbocycles. The van der Waals surface area contributed by atoms with Crippen LogP contribution in [0.3, 0.4) is 0 Å². The van der Waals surface area contributed by atoms with Crippen LogP contribution < -0.4 is 5.56 Å². The van der Waals surface area contributed by atoms with Gasteiger partial charge in [-0.05, 0) is 62.1 Å². The number of hydrogen-bond donors (Lipinski definition) is 1. The molecule has 2 aromatic rings. The number of thiophene rings is 1. The third kappa shape index (κ3) is 2.32. The third-order valence-corrected chi connectivity index (χ3v) is 7.25. The highest BCUT2D eigenvalue weighted by molar-refractivity contribution is 7.99. The summed E-state index contributed by atoms with van der Waals surface area (Å²) in [5.74, 6) is 2.22. The zero-order valence-electron chi connectivity index (χ0n) is 11.8. The number of aryl methyl sites for hydroxylation is 2. The Kier molecular flexibility index (Phi) is 3.71. The smallest absolute Gasteiger partial charge is 0.263 e. The molecule has 1 aliphatic heterocycles. The van der Waals surface area contributed by atoms with Gasteiger partial charge in [0.2, 0.25) is 0 Å². The Morgan fingerprint density at radius 2 is 2.10 bits per heavy atom. The van der Waals surface area contributed by atoms with Crippen LogP contribution in [0, 0.1) is 4.77 Å². The maximum atomic E-state index is 13.1. The first-order valence-corrected chi connectivity index (χ1v) is 10.0. The summed E-state index contributed by atoms with van der Waals surface area (Å²) in [5.41, 5.74) is 1.45. The molecule has 1 unspecified atom stereocenters. The second kappa shape index (κ2) is 5.56. The summed E-state index contributed by atoms with van der Waals surface area (Å²) >= 11 is 9.17. The molecule has 6 heteroatoms. The van der Waals surface area contributed by atoms with Crippen LogP contribution in [0.5, 0.6) is 0 Å². The Hall–Kier alpha value is -0.590.